The molecule has 1 atom stereocenters. The number of hydrogen-bond acceptors (Lipinski definition) is 3. The van der Waals surface area contributed by atoms with Gasteiger partial charge in [0.25, 0.3) is 11.8 Å². The summed E-state index contributed by atoms with van der Waals surface area (Å²) in [5, 5.41) is 3.48. The standard InChI is InChI=1S/C19H18FN3O3/c1-11-4-5-14(20)17-13(11)9-15(22-17)19(25)23-7-6-12(23)10-21-18(24)16-3-2-8-26-16/h2-5,8-9,12,22H,6-7,10H2,1H3,(H,21,24). The Morgan fingerprint density at radius 1 is 1.38 bits per heavy atom. The number of H-pyrrole nitrogens is 1. The van der Waals surface area contributed by atoms with E-state index in [1.54, 1.807) is 29.2 Å². The molecule has 2 aromatic heterocycles. The van der Waals surface area contributed by atoms with Crippen molar-refractivity contribution in [1.82, 2.24) is 15.2 Å². The van der Waals surface area contributed by atoms with Crippen LogP contribution in [0.2, 0.25) is 0 Å². The molecule has 0 saturated carbocycles. The van der Waals surface area contributed by atoms with Gasteiger partial charge in [0.2, 0.25) is 0 Å². The van der Waals surface area contributed by atoms with E-state index in [4.69, 9.17) is 4.42 Å². The Hall–Kier alpha value is -3.09. The number of carbonyl (C=O) groups excluding carboxylic acids is 2. The van der Waals surface area contributed by atoms with E-state index >= 15 is 0 Å². The average molecular weight is 355 g/mol. The molecule has 0 aliphatic carbocycles. The van der Waals surface area contributed by atoms with Gasteiger partial charge in [-0.15, -0.1) is 0 Å². The zero-order chi connectivity index (χ0) is 18.3. The third-order valence-corrected chi connectivity index (χ3v) is 4.84. The maximum atomic E-state index is 13.9. The van der Waals surface area contributed by atoms with E-state index in [9.17, 15) is 14.0 Å². The lowest BCUT2D eigenvalue weighted by Gasteiger charge is -2.40. The van der Waals surface area contributed by atoms with Crippen molar-refractivity contribution in [1.29, 1.82) is 0 Å². The van der Waals surface area contributed by atoms with Crippen LogP contribution in [0.5, 0.6) is 0 Å². The van der Waals surface area contributed by atoms with E-state index < -0.39 is 0 Å². The number of benzene rings is 1. The molecule has 26 heavy (non-hydrogen) atoms. The van der Waals surface area contributed by atoms with E-state index in [0.717, 1.165) is 12.0 Å². The van der Waals surface area contributed by atoms with Crippen molar-refractivity contribution in [2.75, 3.05) is 13.1 Å². The quantitative estimate of drug-likeness (QED) is 0.755. The van der Waals surface area contributed by atoms with Crippen molar-refractivity contribution in [3.63, 3.8) is 0 Å². The van der Waals surface area contributed by atoms with Crippen LogP contribution in [0, 0.1) is 12.7 Å². The van der Waals surface area contributed by atoms with Gasteiger partial charge < -0.3 is 19.6 Å². The first kappa shape index (κ1) is 16.4. The van der Waals surface area contributed by atoms with Crippen molar-refractivity contribution < 1.29 is 18.4 Å². The number of rotatable bonds is 4. The number of aryl methyl sites for hydroxylation is 1. The summed E-state index contributed by atoms with van der Waals surface area (Å²) in [5.74, 6) is -0.639. The molecule has 6 nitrogen and oxygen atoms in total. The third-order valence-electron chi connectivity index (χ3n) is 4.84. The SMILES string of the molecule is Cc1ccc(F)c2[nH]c(C(=O)N3CCC3CNC(=O)c3ccco3)cc12. The highest BCUT2D eigenvalue weighted by Crippen LogP contribution is 2.25. The van der Waals surface area contributed by atoms with Crippen LogP contribution < -0.4 is 5.32 Å². The fourth-order valence-electron chi connectivity index (χ4n) is 3.22. The molecule has 3 aromatic rings. The van der Waals surface area contributed by atoms with Crippen LogP contribution in [-0.4, -0.2) is 40.8 Å². The predicted molar refractivity (Wildman–Crippen MR) is 93.5 cm³/mol. The molecule has 1 fully saturated rings. The molecule has 4 rings (SSSR count). The van der Waals surface area contributed by atoms with Gasteiger partial charge in [0, 0.05) is 18.5 Å². The number of likely N-dealkylation sites (tertiary alicyclic amines) is 1. The zero-order valence-electron chi connectivity index (χ0n) is 14.2. The van der Waals surface area contributed by atoms with Gasteiger partial charge in [0.05, 0.1) is 17.8 Å². The number of aromatic amines is 1. The Morgan fingerprint density at radius 2 is 2.23 bits per heavy atom. The summed E-state index contributed by atoms with van der Waals surface area (Å²) in [7, 11) is 0. The minimum atomic E-state index is -0.379. The molecule has 0 spiro atoms. The van der Waals surface area contributed by atoms with Crippen LogP contribution in [-0.2, 0) is 0 Å². The summed E-state index contributed by atoms with van der Waals surface area (Å²) in [6.07, 6.45) is 2.24. The molecule has 1 aromatic carbocycles. The number of halogens is 1. The highest BCUT2D eigenvalue weighted by atomic mass is 19.1. The number of nitrogens with zero attached hydrogens (tertiary/aromatic N) is 1. The van der Waals surface area contributed by atoms with Crippen LogP contribution in [0.15, 0.2) is 41.0 Å². The summed E-state index contributed by atoms with van der Waals surface area (Å²) in [5.41, 5.74) is 1.61. The van der Waals surface area contributed by atoms with E-state index in [2.05, 4.69) is 10.3 Å². The maximum absolute atomic E-state index is 13.9. The highest BCUT2D eigenvalue weighted by molar-refractivity contribution is 5.99. The molecule has 2 N–H and O–H groups in total. The van der Waals surface area contributed by atoms with E-state index in [-0.39, 0.29) is 29.4 Å². The maximum Gasteiger partial charge on any atom is 0.287 e. The Balaban J connectivity index is 1.46. The number of amides is 2. The monoisotopic (exact) mass is 355 g/mol. The normalized spacial score (nSPS) is 16.5. The van der Waals surface area contributed by atoms with Crippen LogP contribution in [0.25, 0.3) is 10.9 Å². The second-order valence-corrected chi connectivity index (χ2v) is 6.46. The second kappa shape index (κ2) is 6.33. The first-order valence-corrected chi connectivity index (χ1v) is 8.45. The van der Waals surface area contributed by atoms with Gasteiger partial charge in [-0.1, -0.05) is 6.07 Å². The highest BCUT2D eigenvalue weighted by Gasteiger charge is 2.34. The summed E-state index contributed by atoms with van der Waals surface area (Å²) in [6.45, 7) is 2.83. The number of carbonyl (C=O) groups is 2. The molecule has 134 valence electrons. The molecule has 0 bridgehead atoms. The van der Waals surface area contributed by atoms with Crippen LogP contribution in [0.1, 0.15) is 33.0 Å². The minimum Gasteiger partial charge on any atom is -0.459 e. The molecule has 0 radical (unpaired) electrons. The van der Waals surface area contributed by atoms with Crippen molar-refractivity contribution in [2.24, 2.45) is 0 Å². The number of aromatic nitrogens is 1. The van der Waals surface area contributed by atoms with Gasteiger partial charge >= 0.3 is 0 Å². The molecular formula is C19H18FN3O3. The fraction of sp³-hybridized carbons (Fsp3) is 0.263. The third kappa shape index (κ3) is 2.75. The Labute approximate surface area is 149 Å². The molecule has 3 heterocycles. The fourth-order valence-corrected chi connectivity index (χ4v) is 3.22. The lowest BCUT2D eigenvalue weighted by molar-refractivity contribution is 0.0449. The van der Waals surface area contributed by atoms with Gasteiger partial charge in [-0.2, -0.15) is 0 Å². The molecule has 1 aliphatic heterocycles. The van der Waals surface area contributed by atoms with Gasteiger partial charge in [-0.3, -0.25) is 9.59 Å². The number of fused-ring (bicyclic) bond motifs is 1. The largest absolute Gasteiger partial charge is 0.459 e. The summed E-state index contributed by atoms with van der Waals surface area (Å²) < 4.78 is 19.0. The van der Waals surface area contributed by atoms with Crippen molar-refractivity contribution in [3.8, 4) is 0 Å². The Kier molecular flexibility index (Phi) is 3.99. The van der Waals surface area contributed by atoms with E-state index in [1.165, 1.54) is 12.3 Å². The lowest BCUT2D eigenvalue weighted by atomic mass is 10.0. The van der Waals surface area contributed by atoms with Gasteiger partial charge in [-0.25, -0.2) is 4.39 Å². The van der Waals surface area contributed by atoms with Crippen LogP contribution in [0.4, 0.5) is 4.39 Å². The lowest BCUT2D eigenvalue weighted by Crippen LogP contribution is -2.56. The Bertz CT molecular complexity index is 938. The first-order chi connectivity index (χ1) is 12.5. The van der Waals surface area contributed by atoms with Crippen molar-refractivity contribution >= 4 is 22.7 Å². The van der Waals surface area contributed by atoms with Gasteiger partial charge in [-0.05, 0) is 43.2 Å². The molecule has 1 unspecified atom stereocenters. The second-order valence-electron chi connectivity index (χ2n) is 6.46. The Morgan fingerprint density at radius 3 is 2.88 bits per heavy atom. The zero-order valence-corrected chi connectivity index (χ0v) is 14.2. The van der Waals surface area contributed by atoms with Gasteiger partial charge in [0.1, 0.15) is 11.5 Å². The number of furan rings is 1. The minimum absolute atomic E-state index is 0.0845. The van der Waals surface area contributed by atoms with Crippen LogP contribution >= 0.6 is 0 Å². The van der Waals surface area contributed by atoms with Crippen LogP contribution in [0.3, 0.4) is 0 Å². The van der Waals surface area contributed by atoms with E-state index in [1.807, 2.05) is 6.92 Å². The molecule has 1 aliphatic rings. The molecule has 1 saturated heterocycles. The molecule has 2 amide bonds. The van der Waals surface area contributed by atoms with Gasteiger partial charge in [0.15, 0.2) is 5.76 Å². The first-order valence-electron chi connectivity index (χ1n) is 8.45. The topological polar surface area (TPSA) is 78.3 Å². The average Bonchev–Trinajstić information content (AvgIpc) is 3.27. The smallest absolute Gasteiger partial charge is 0.287 e. The van der Waals surface area contributed by atoms with E-state index in [0.29, 0.717) is 29.7 Å². The summed E-state index contributed by atoms with van der Waals surface area (Å²) >= 11 is 0. The number of nitrogens with one attached hydrogen (secondary N) is 2. The predicted octanol–water partition coefficient (Wildman–Crippen LogP) is 2.85. The summed E-state index contributed by atoms with van der Waals surface area (Å²) in [4.78, 5) is 29.3. The van der Waals surface area contributed by atoms with Crippen molar-refractivity contribution in [2.45, 2.75) is 19.4 Å². The summed E-state index contributed by atoms with van der Waals surface area (Å²) in [6, 6.07) is 7.91. The molecule has 7 heteroatoms. The van der Waals surface area contributed by atoms with Crippen molar-refractivity contribution in [3.05, 3.63) is 59.4 Å². The molecular weight excluding hydrogens is 337 g/mol. The number of hydrogen-bond donors (Lipinski definition) is 2.